The molecule has 2 unspecified atom stereocenters. The van der Waals surface area contributed by atoms with Crippen molar-refractivity contribution in [1.82, 2.24) is 0 Å². The second kappa shape index (κ2) is 10.1. The van der Waals surface area contributed by atoms with Gasteiger partial charge in [-0.15, -0.1) is 0 Å². The number of benzene rings is 2. The Hall–Kier alpha value is -2.65. The quantitative estimate of drug-likeness (QED) is 0.532. The van der Waals surface area contributed by atoms with E-state index in [4.69, 9.17) is 4.74 Å². The zero-order chi connectivity index (χ0) is 22.4. The Morgan fingerprint density at radius 3 is 2.23 bits per heavy atom. The summed E-state index contributed by atoms with van der Waals surface area (Å²) in [6, 6.07) is 17.2. The van der Waals surface area contributed by atoms with Gasteiger partial charge in [0.2, 0.25) is 5.91 Å². The van der Waals surface area contributed by atoms with Gasteiger partial charge < -0.3 is 10.1 Å². The summed E-state index contributed by atoms with van der Waals surface area (Å²) in [4.78, 5) is 26.4. The maximum absolute atomic E-state index is 13.3. The number of nitrogens with zero attached hydrogens (tertiary/aromatic N) is 1. The number of anilines is 1. The van der Waals surface area contributed by atoms with Crippen molar-refractivity contribution in [3.63, 3.8) is 0 Å². The number of ether oxygens (including phenoxy) is 1. The first-order chi connectivity index (χ1) is 14.9. The molecule has 1 aliphatic rings. The molecule has 1 saturated carbocycles. The fourth-order valence-electron chi connectivity index (χ4n) is 4.67. The summed E-state index contributed by atoms with van der Waals surface area (Å²) in [6.45, 7) is 1.97. The summed E-state index contributed by atoms with van der Waals surface area (Å²) < 4.78 is 6.13. The number of esters is 1. The van der Waals surface area contributed by atoms with E-state index in [1.54, 1.807) is 0 Å². The summed E-state index contributed by atoms with van der Waals surface area (Å²) in [5, 5.41) is 13.0. The Kier molecular flexibility index (Phi) is 7.50. The molecule has 0 radical (unpaired) electrons. The average molecular weight is 483 g/mol. The van der Waals surface area contributed by atoms with Gasteiger partial charge in [-0.2, -0.15) is 5.26 Å². The number of halogens is 1. The van der Waals surface area contributed by atoms with Crippen LogP contribution < -0.4 is 5.32 Å². The maximum atomic E-state index is 13.3. The van der Waals surface area contributed by atoms with Crippen molar-refractivity contribution >= 4 is 33.5 Å². The Bertz CT molecular complexity index is 958. The van der Waals surface area contributed by atoms with E-state index in [0.717, 1.165) is 34.9 Å². The van der Waals surface area contributed by atoms with Crippen LogP contribution in [0.4, 0.5) is 5.69 Å². The van der Waals surface area contributed by atoms with Crippen molar-refractivity contribution in [3.8, 4) is 6.07 Å². The van der Waals surface area contributed by atoms with Gasteiger partial charge >= 0.3 is 5.97 Å². The van der Waals surface area contributed by atoms with Gasteiger partial charge in [-0.1, -0.05) is 65.0 Å². The van der Waals surface area contributed by atoms with Gasteiger partial charge in [0.25, 0.3) is 0 Å². The Morgan fingerprint density at radius 1 is 1.06 bits per heavy atom. The summed E-state index contributed by atoms with van der Waals surface area (Å²) in [7, 11) is 1.38. The highest BCUT2D eigenvalue weighted by molar-refractivity contribution is 9.10. The molecule has 1 aliphatic carbocycles. The zero-order valence-electron chi connectivity index (χ0n) is 17.9. The minimum absolute atomic E-state index is 0.344. The summed E-state index contributed by atoms with van der Waals surface area (Å²) in [6.07, 6.45) is 3.94. The number of rotatable bonds is 6. The molecule has 0 aliphatic heterocycles. The number of aryl methyl sites for hydroxylation is 1. The first kappa shape index (κ1) is 23.0. The number of carbonyl (C=O) groups excluding carboxylic acids is 2. The molecule has 1 amide bonds. The molecule has 2 aromatic rings. The van der Waals surface area contributed by atoms with Crippen LogP contribution in [0, 0.1) is 29.6 Å². The highest BCUT2D eigenvalue weighted by Gasteiger charge is 2.52. The predicted octanol–water partition coefficient (Wildman–Crippen LogP) is 5.74. The van der Waals surface area contributed by atoms with Crippen LogP contribution in [0.2, 0.25) is 0 Å². The fraction of sp³-hybridized carbons (Fsp3) is 0.400. The normalized spacial score (nSPS) is 17.1. The van der Waals surface area contributed by atoms with E-state index in [9.17, 15) is 14.9 Å². The molecule has 1 fully saturated rings. The third kappa shape index (κ3) is 4.99. The average Bonchev–Trinajstić information content (AvgIpc) is 2.79. The smallest absolute Gasteiger partial charge is 0.312 e. The van der Waals surface area contributed by atoms with Crippen LogP contribution in [0.15, 0.2) is 53.0 Å². The van der Waals surface area contributed by atoms with Gasteiger partial charge in [-0.25, -0.2) is 0 Å². The molecular weight excluding hydrogens is 456 g/mol. The molecular formula is C25H27BrN2O3. The molecule has 0 saturated heterocycles. The lowest BCUT2D eigenvalue weighted by atomic mass is 9.59. The SMILES string of the molecule is COC(=O)C1(C(c2ccc(Br)cc2)C(C#N)C(=O)Nc2ccc(C)cc2)CCCCC1. The van der Waals surface area contributed by atoms with Crippen LogP contribution in [-0.4, -0.2) is 19.0 Å². The number of hydrogen-bond donors (Lipinski definition) is 1. The van der Waals surface area contributed by atoms with Gasteiger partial charge in [0.15, 0.2) is 0 Å². The largest absolute Gasteiger partial charge is 0.469 e. The van der Waals surface area contributed by atoms with Crippen molar-refractivity contribution in [1.29, 1.82) is 5.26 Å². The molecule has 2 atom stereocenters. The van der Waals surface area contributed by atoms with Crippen LogP contribution in [-0.2, 0) is 14.3 Å². The van der Waals surface area contributed by atoms with Crippen LogP contribution in [0.3, 0.4) is 0 Å². The first-order valence-electron chi connectivity index (χ1n) is 10.5. The molecule has 0 bridgehead atoms. The lowest BCUT2D eigenvalue weighted by molar-refractivity contribution is -0.158. The number of nitrogens with one attached hydrogen (secondary N) is 1. The van der Waals surface area contributed by atoms with Crippen molar-refractivity contribution in [2.24, 2.45) is 11.3 Å². The van der Waals surface area contributed by atoms with Crippen LogP contribution >= 0.6 is 15.9 Å². The van der Waals surface area contributed by atoms with E-state index in [1.807, 2.05) is 55.5 Å². The standard InChI is InChI=1S/C25H27BrN2O3/c1-17-6-12-20(13-7-17)28-23(29)21(16-27)22(18-8-10-19(26)11-9-18)25(24(30)31-2)14-4-3-5-15-25/h6-13,21-22H,3-5,14-15H2,1-2H3,(H,28,29). The molecule has 31 heavy (non-hydrogen) atoms. The predicted molar refractivity (Wildman–Crippen MR) is 123 cm³/mol. The molecule has 2 aromatic carbocycles. The number of carbonyl (C=O) groups is 2. The molecule has 3 rings (SSSR count). The Balaban J connectivity index is 2.06. The van der Waals surface area contributed by atoms with Gasteiger partial charge in [-0.3, -0.25) is 9.59 Å². The lowest BCUT2D eigenvalue weighted by Gasteiger charge is -2.42. The van der Waals surface area contributed by atoms with Crippen molar-refractivity contribution in [2.75, 3.05) is 12.4 Å². The summed E-state index contributed by atoms with van der Waals surface area (Å²) in [5.41, 5.74) is 1.59. The summed E-state index contributed by atoms with van der Waals surface area (Å²) in [5.74, 6) is -2.40. The molecule has 5 nitrogen and oxygen atoms in total. The minimum atomic E-state index is -1.04. The third-order valence-corrected chi connectivity index (χ3v) is 6.76. The van der Waals surface area contributed by atoms with Crippen molar-refractivity contribution in [3.05, 3.63) is 64.1 Å². The minimum Gasteiger partial charge on any atom is -0.469 e. The van der Waals surface area contributed by atoms with E-state index >= 15 is 0 Å². The van der Waals surface area contributed by atoms with E-state index < -0.39 is 23.2 Å². The van der Waals surface area contributed by atoms with Crippen LogP contribution in [0.25, 0.3) is 0 Å². The fourth-order valence-corrected chi connectivity index (χ4v) is 4.93. The Morgan fingerprint density at radius 2 is 1.68 bits per heavy atom. The van der Waals surface area contributed by atoms with Crippen LogP contribution in [0.1, 0.15) is 49.1 Å². The highest BCUT2D eigenvalue weighted by atomic mass is 79.9. The van der Waals surface area contributed by atoms with Crippen LogP contribution in [0.5, 0.6) is 0 Å². The van der Waals surface area contributed by atoms with E-state index in [1.165, 1.54) is 7.11 Å². The van der Waals surface area contributed by atoms with Crippen molar-refractivity contribution < 1.29 is 14.3 Å². The number of amides is 1. The second-order valence-electron chi connectivity index (χ2n) is 8.20. The van der Waals surface area contributed by atoms with E-state index in [0.29, 0.717) is 18.5 Å². The Labute approximate surface area is 191 Å². The van der Waals surface area contributed by atoms with Gasteiger partial charge in [0, 0.05) is 16.1 Å². The zero-order valence-corrected chi connectivity index (χ0v) is 19.4. The first-order valence-corrected chi connectivity index (χ1v) is 11.3. The van der Waals surface area contributed by atoms with Gasteiger partial charge in [0.05, 0.1) is 18.6 Å². The highest BCUT2D eigenvalue weighted by Crippen LogP contribution is 2.52. The van der Waals surface area contributed by atoms with E-state index in [-0.39, 0.29) is 5.97 Å². The maximum Gasteiger partial charge on any atom is 0.312 e. The topological polar surface area (TPSA) is 79.2 Å². The van der Waals surface area contributed by atoms with Crippen molar-refractivity contribution in [2.45, 2.75) is 44.9 Å². The van der Waals surface area contributed by atoms with Gasteiger partial charge in [-0.05, 0) is 49.6 Å². The molecule has 162 valence electrons. The molecule has 0 spiro atoms. The lowest BCUT2D eigenvalue weighted by Crippen LogP contribution is -2.45. The number of methoxy groups -OCH3 is 1. The molecule has 1 N–H and O–H groups in total. The third-order valence-electron chi connectivity index (χ3n) is 6.24. The number of hydrogen-bond acceptors (Lipinski definition) is 4. The summed E-state index contributed by atoms with van der Waals surface area (Å²) >= 11 is 3.44. The van der Waals surface area contributed by atoms with Gasteiger partial charge in [0.1, 0.15) is 5.92 Å². The van der Waals surface area contributed by atoms with E-state index in [2.05, 4.69) is 27.3 Å². The monoisotopic (exact) mass is 482 g/mol. The molecule has 0 aromatic heterocycles. The second-order valence-corrected chi connectivity index (χ2v) is 9.12. The number of nitriles is 1. The molecule has 0 heterocycles. The molecule has 6 heteroatoms.